The summed E-state index contributed by atoms with van der Waals surface area (Å²) in [4.78, 5) is 15.9. The van der Waals surface area contributed by atoms with Crippen molar-refractivity contribution < 1.29 is 4.79 Å². The lowest BCUT2D eigenvalue weighted by Crippen LogP contribution is -2.24. The van der Waals surface area contributed by atoms with Crippen LogP contribution in [0.1, 0.15) is 21.7 Å². The van der Waals surface area contributed by atoms with Gasteiger partial charge >= 0.3 is 0 Å². The first-order valence-corrected chi connectivity index (χ1v) is 5.72. The van der Waals surface area contributed by atoms with E-state index in [-0.39, 0.29) is 16.8 Å². The summed E-state index contributed by atoms with van der Waals surface area (Å²) in [6, 6.07) is 6.86. The van der Waals surface area contributed by atoms with Gasteiger partial charge in [0.05, 0.1) is 0 Å². The SMILES string of the molecule is Cc1ccc(CNC(=O)c2ccc(Cl)nn2)cn1. The van der Waals surface area contributed by atoms with Crippen molar-refractivity contribution in [1.29, 1.82) is 0 Å². The van der Waals surface area contributed by atoms with E-state index in [4.69, 9.17) is 11.6 Å². The second-order valence-electron chi connectivity index (χ2n) is 3.73. The van der Waals surface area contributed by atoms with Crippen LogP contribution in [-0.2, 0) is 6.54 Å². The Morgan fingerprint density at radius 3 is 2.72 bits per heavy atom. The number of nitrogens with one attached hydrogen (secondary N) is 1. The van der Waals surface area contributed by atoms with Gasteiger partial charge < -0.3 is 5.32 Å². The maximum Gasteiger partial charge on any atom is 0.272 e. The highest BCUT2D eigenvalue weighted by molar-refractivity contribution is 6.29. The monoisotopic (exact) mass is 262 g/mol. The highest BCUT2D eigenvalue weighted by atomic mass is 35.5. The van der Waals surface area contributed by atoms with Gasteiger partial charge in [0.25, 0.3) is 5.91 Å². The molecule has 0 atom stereocenters. The van der Waals surface area contributed by atoms with E-state index in [1.165, 1.54) is 12.1 Å². The quantitative estimate of drug-likeness (QED) is 0.915. The van der Waals surface area contributed by atoms with E-state index in [1.807, 2.05) is 19.1 Å². The number of nitrogens with zero attached hydrogens (tertiary/aromatic N) is 3. The lowest BCUT2D eigenvalue weighted by Gasteiger charge is -2.04. The molecule has 0 aliphatic carbocycles. The predicted octanol–water partition coefficient (Wildman–Crippen LogP) is 1.76. The summed E-state index contributed by atoms with van der Waals surface area (Å²) < 4.78 is 0. The van der Waals surface area contributed by atoms with E-state index in [1.54, 1.807) is 6.20 Å². The number of hydrogen-bond donors (Lipinski definition) is 1. The zero-order valence-electron chi connectivity index (χ0n) is 9.72. The number of aromatic nitrogens is 3. The molecule has 2 aromatic rings. The van der Waals surface area contributed by atoms with Gasteiger partial charge in [0.2, 0.25) is 0 Å². The van der Waals surface area contributed by atoms with Crippen molar-refractivity contribution >= 4 is 17.5 Å². The smallest absolute Gasteiger partial charge is 0.272 e. The Balaban J connectivity index is 1.96. The summed E-state index contributed by atoms with van der Waals surface area (Å²) in [7, 11) is 0. The third-order valence-corrected chi connectivity index (χ3v) is 2.49. The number of halogens is 1. The van der Waals surface area contributed by atoms with Crippen LogP contribution in [0, 0.1) is 6.92 Å². The van der Waals surface area contributed by atoms with Crippen LogP contribution in [0.25, 0.3) is 0 Å². The van der Waals surface area contributed by atoms with Gasteiger partial charge in [-0.25, -0.2) is 0 Å². The fraction of sp³-hybridized carbons (Fsp3) is 0.167. The van der Waals surface area contributed by atoms with Gasteiger partial charge in [-0.2, -0.15) is 0 Å². The van der Waals surface area contributed by atoms with Gasteiger partial charge in [-0.15, -0.1) is 10.2 Å². The van der Waals surface area contributed by atoms with Crippen molar-refractivity contribution in [2.75, 3.05) is 0 Å². The Morgan fingerprint density at radius 1 is 1.28 bits per heavy atom. The minimum Gasteiger partial charge on any atom is -0.347 e. The molecule has 2 rings (SSSR count). The number of rotatable bonds is 3. The normalized spacial score (nSPS) is 10.1. The van der Waals surface area contributed by atoms with Crippen molar-refractivity contribution in [3.63, 3.8) is 0 Å². The number of amides is 1. The average Bonchev–Trinajstić information content (AvgIpc) is 2.38. The Labute approximate surface area is 109 Å². The van der Waals surface area contributed by atoms with Gasteiger partial charge in [-0.05, 0) is 30.7 Å². The zero-order valence-corrected chi connectivity index (χ0v) is 10.5. The molecule has 0 radical (unpaired) electrons. The number of aryl methyl sites for hydroxylation is 1. The van der Waals surface area contributed by atoms with Gasteiger partial charge in [-0.1, -0.05) is 17.7 Å². The lowest BCUT2D eigenvalue weighted by molar-refractivity contribution is 0.0945. The van der Waals surface area contributed by atoms with Crippen LogP contribution < -0.4 is 5.32 Å². The molecule has 0 aliphatic rings. The fourth-order valence-electron chi connectivity index (χ4n) is 1.31. The Hall–Kier alpha value is -2.01. The average molecular weight is 263 g/mol. The zero-order chi connectivity index (χ0) is 13.0. The molecule has 0 aliphatic heterocycles. The summed E-state index contributed by atoms with van der Waals surface area (Å²) >= 11 is 5.59. The summed E-state index contributed by atoms with van der Waals surface area (Å²) in [5.74, 6) is -0.292. The molecule has 0 aromatic carbocycles. The Morgan fingerprint density at radius 2 is 2.11 bits per heavy atom. The Kier molecular flexibility index (Phi) is 3.84. The largest absolute Gasteiger partial charge is 0.347 e. The maximum absolute atomic E-state index is 11.7. The maximum atomic E-state index is 11.7. The van der Waals surface area contributed by atoms with Crippen LogP contribution in [0.4, 0.5) is 0 Å². The molecule has 1 N–H and O–H groups in total. The summed E-state index contributed by atoms with van der Waals surface area (Å²) in [5.41, 5.74) is 2.10. The molecule has 0 unspecified atom stereocenters. The molecular weight excluding hydrogens is 252 g/mol. The van der Waals surface area contributed by atoms with E-state index < -0.39 is 0 Å². The molecule has 2 heterocycles. The summed E-state index contributed by atoms with van der Waals surface area (Å²) in [6.07, 6.45) is 1.73. The van der Waals surface area contributed by atoms with Gasteiger partial charge in [0.1, 0.15) is 0 Å². The predicted molar refractivity (Wildman–Crippen MR) is 67.2 cm³/mol. The third kappa shape index (κ3) is 3.24. The Bertz CT molecular complexity index is 539. The van der Waals surface area contributed by atoms with Crippen molar-refractivity contribution in [3.8, 4) is 0 Å². The second-order valence-corrected chi connectivity index (χ2v) is 4.12. The highest BCUT2D eigenvalue weighted by Crippen LogP contribution is 2.03. The molecule has 1 amide bonds. The first kappa shape index (κ1) is 12.4. The summed E-state index contributed by atoms with van der Waals surface area (Å²) in [5, 5.41) is 10.3. The van der Waals surface area contributed by atoms with Crippen LogP contribution in [-0.4, -0.2) is 21.1 Å². The van der Waals surface area contributed by atoms with Gasteiger partial charge in [0.15, 0.2) is 10.8 Å². The second kappa shape index (κ2) is 5.55. The van der Waals surface area contributed by atoms with Gasteiger partial charge in [0, 0.05) is 18.4 Å². The van der Waals surface area contributed by atoms with Crippen molar-refractivity contribution in [2.45, 2.75) is 13.5 Å². The molecule has 18 heavy (non-hydrogen) atoms. The topological polar surface area (TPSA) is 67.8 Å². The van der Waals surface area contributed by atoms with Crippen molar-refractivity contribution in [1.82, 2.24) is 20.5 Å². The molecule has 2 aromatic heterocycles. The first-order chi connectivity index (χ1) is 8.65. The van der Waals surface area contributed by atoms with E-state index in [2.05, 4.69) is 20.5 Å². The molecule has 0 fully saturated rings. The summed E-state index contributed by atoms with van der Waals surface area (Å²) in [6.45, 7) is 2.31. The molecule has 92 valence electrons. The number of hydrogen-bond acceptors (Lipinski definition) is 4. The highest BCUT2D eigenvalue weighted by Gasteiger charge is 2.07. The van der Waals surface area contributed by atoms with E-state index in [9.17, 15) is 4.79 Å². The minimum atomic E-state index is -0.292. The van der Waals surface area contributed by atoms with E-state index in [0.717, 1.165) is 11.3 Å². The molecule has 6 heteroatoms. The van der Waals surface area contributed by atoms with E-state index in [0.29, 0.717) is 6.54 Å². The molecular formula is C12H11ClN4O. The minimum absolute atomic E-state index is 0.236. The van der Waals surface area contributed by atoms with Crippen molar-refractivity contribution in [2.24, 2.45) is 0 Å². The van der Waals surface area contributed by atoms with Crippen LogP contribution >= 0.6 is 11.6 Å². The van der Waals surface area contributed by atoms with Crippen LogP contribution in [0.2, 0.25) is 5.15 Å². The standard InChI is InChI=1S/C12H11ClN4O/c1-8-2-3-9(6-14-8)7-15-12(18)10-4-5-11(13)17-16-10/h2-6H,7H2,1H3,(H,15,18). The van der Waals surface area contributed by atoms with Crippen LogP contribution in [0.3, 0.4) is 0 Å². The third-order valence-electron chi connectivity index (χ3n) is 2.29. The van der Waals surface area contributed by atoms with Gasteiger partial charge in [-0.3, -0.25) is 9.78 Å². The van der Waals surface area contributed by atoms with E-state index >= 15 is 0 Å². The van der Waals surface area contributed by atoms with Crippen molar-refractivity contribution in [3.05, 3.63) is 52.6 Å². The molecule has 0 saturated carbocycles. The fourth-order valence-corrected chi connectivity index (χ4v) is 1.41. The van der Waals surface area contributed by atoms with Crippen LogP contribution in [0.5, 0.6) is 0 Å². The molecule has 5 nitrogen and oxygen atoms in total. The lowest BCUT2D eigenvalue weighted by atomic mass is 10.2. The number of pyridine rings is 1. The molecule has 0 spiro atoms. The molecule has 0 saturated heterocycles. The first-order valence-electron chi connectivity index (χ1n) is 5.34. The number of carbonyl (C=O) groups excluding carboxylic acids is 1. The molecule has 0 bridgehead atoms. The van der Waals surface area contributed by atoms with Crippen LogP contribution in [0.15, 0.2) is 30.5 Å². The number of carbonyl (C=O) groups is 1.